The number of hydrogen-bond donors (Lipinski definition) is 0. The van der Waals surface area contributed by atoms with Crippen LogP contribution in [0.4, 0.5) is 0 Å². The molecule has 0 amide bonds. The summed E-state index contributed by atoms with van der Waals surface area (Å²) < 4.78 is 15.7. The first-order valence-electron chi connectivity index (χ1n) is 10.6. The molecule has 152 valence electrons. The average Bonchev–Trinajstić information content (AvgIpc) is 3.16. The predicted octanol–water partition coefficient (Wildman–Crippen LogP) is 4.95. The molecule has 1 heterocycles. The van der Waals surface area contributed by atoms with Crippen molar-refractivity contribution in [2.24, 2.45) is 0 Å². The summed E-state index contributed by atoms with van der Waals surface area (Å²) in [5, 5.41) is 0. The first-order chi connectivity index (χ1) is 12.7. The Balaban J connectivity index is 1.82. The Labute approximate surface area is 159 Å². The van der Waals surface area contributed by atoms with Crippen LogP contribution in [0.5, 0.6) is 0 Å². The largest absolute Gasteiger partial charge is 0.466 e. The fourth-order valence-electron chi connectivity index (χ4n) is 3.09. The third-order valence-corrected chi connectivity index (χ3v) is 4.75. The standard InChI is InChI=1S/C21H38O5/c1-2-3-4-5-6-7-8-9-10-11-16-25-20(22)14-15-21(23)26-18-19-13-12-17-24-19/h19H,2-18H2,1H3. The van der Waals surface area contributed by atoms with Crippen molar-refractivity contribution in [2.45, 2.75) is 103 Å². The van der Waals surface area contributed by atoms with Gasteiger partial charge in [-0.1, -0.05) is 64.7 Å². The number of esters is 2. The Morgan fingerprint density at radius 1 is 0.846 bits per heavy atom. The number of carbonyl (C=O) groups is 2. The van der Waals surface area contributed by atoms with Crippen molar-refractivity contribution in [3.63, 3.8) is 0 Å². The summed E-state index contributed by atoms with van der Waals surface area (Å²) in [5.74, 6) is -0.661. The second kappa shape index (κ2) is 16.1. The SMILES string of the molecule is CCCCCCCCCCCCOC(=O)CCC(=O)OCC1CCCO1. The van der Waals surface area contributed by atoms with Gasteiger partial charge in [0.05, 0.1) is 25.6 Å². The third kappa shape index (κ3) is 13.2. The number of ether oxygens (including phenoxy) is 3. The van der Waals surface area contributed by atoms with E-state index in [0.29, 0.717) is 13.2 Å². The van der Waals surface area contributed by atoms with E-state index < -0.39 is 0 Å². The summed E-state index contributed by atoms with van der Waals surface area (Å²) in [6.45, 7) is 3.74. The molecule has 0 aromatic rings. The molecule has 5 heteroatoms. The van der Waals surface area contributed by atoms with Crippen molar-refractivity contribution in [3.05, 3.63) is 0 Å². The van der Waals surface area contributed by atoms with Crippen LogP contribution in [0.25, 0.3) is 0 Å². The fourth-order valence-corrected chi connectivity index (χ4v) is 3.09. The van der Waals surface area contributed by atoms with Crippen molar-refractivity contribution in [3.8, 4) is 0 Å². The van der Waals surface area contributed by atoms with Crippen LogP contribution in [0.2, 0.25) is 0 Å². The summed E-state index contributed by atoms with van der Waals surface area (Å²) in [6.07, 6.45) is 14.7. The first kappa shape index (κ1) is 22.9. The van der Waals surface area contributed by atoms with Crippen molar-refractivity contribution < 1.29 is 23.8 Å². The highest BCUT2D eigenvalue weighted by molar-refractivity contribution is 5.77. The van der Waals surface area contributed by atoms with Crippen molar-refractivity contribution >= 4 is 11.9 Å². The summed E-state index contributed by atoms with van der Waals surface area (Å²) in [6, 6.07) is 0. The van der Waals surface area contributed by atoms with E-state index in [0.717, 1.165) is 32.3 Å². The van der Waals surface area contributed by atoms with Crippen LogP contribution in [0.1, 0.15) is 96.8 Å². The zero-order chi connectivity index (χ0) is 18.9. The molecule has 0 N–H and O–H groups in total. The van der Waals surface area contributed by atoms with Gasteiger partial charge >= 0.3 is 11.9 Å². The first-order valence-corrected chi connectivity index (χ1v) is 10.6. The number of rotatable bonds is 16. The summed E-state index contributed by atoms with van der Waals surface area (Å²) in [4.78, 5) is 23.2. The van der Waals surface area contributed by atoms with Gasteiger partial charge in [0.15, 0.2) is 0 Å². The molecule has 1 rings (SSSR count). The van der Waals surface area contributed by atoms with Gasteiger partial charge in [-0.25, -0.2) is 0 Å². The molecule has 1 fully saturated rings. The zero-order valence-corrected chi connectivity index (χ0v) is 16.6. The van der Waals surface area contributed by atoms with Gasteiger partial charge < -0.3 is 14.2 Å². The van der Waals surface area contributed by atoms with Crippen LogP contribution >= 0.6 is 0 Å². The predicted molar refractivity (Wildman–Crippen MR) is 102 cm³/mol. The maximum atomic E-state index is 11.6. The smallest absolute Gasteiger partial charge is 0.306 e. The molecule has 0 saturated carbocycles. The molecular weight excluding hydrogens is 332 g/mol. The summed E-state index contributed by atoms with van der Waals surface area (Å²) in [5.41, 5.74) is 0. The van der Waals surface area contributed by atoms with Gasteiger partial charge in [-0.05, 0) is 19.3 Å². The van der Waals surface area contributed by atoms with E-state index in [1.165, 1.54) is 51.4 Å². The highest BCUT2D eigenvalue weighted by atomic mass is 16.6. The minimum atomic E-state index is -0.351. The van der Waals surface area contributed by atoms with Crippen LogP contribution in [-0.2, 0) is 23.8 Å². The molecule has 1 aliphatic rings. The highest BCUT2D eigenvalue weighted by Gasteiger charge is 2.17. The molecule has 0 radical (unpaired) electrons. The van der Waals surface area contributed by atoms with Gasteiger partial charge in [0.1, 0.15) is 6.61 Å². The molecule has 5 nitrogen and oxygen atoms in total. The fraction of sp³-hybridized carbons (Fsp3) is 0.905. The lowest BCUT2D eigenvalue weighted by Gasteiger charge is -2.10. The maximum Gasteiger partial charge on any atom is 0.306 e. The van der Waals surface area contributed by atoms with Crippen LogP contribution in [-0.4, -0.2) is 37.9 Å². The number of carbonyl (C=O) groups excluding carboxylic acids is 2. The van der Waals surface area contributed by atoms with Gasteiger partial charge in [-0.3, -0.25) is 9.59 Å². The maximum absolute atomic E-state index is 11.6. The number of hydrogen-bond acceptors (Lipinski definition) is 5. The molecule has 1 atom stereocenters. The molecule has 1 unspecified atom stereocenters. The van der Waals surface area contributed by atoms with Crippen molar-refractivity contribution in [1.82, 2.24) is 0 Å². The van der Waals surface area contributed by atoms with Crippen molar-refractivity contribution in [1.29, 1.82) is 0 Å². The Morgan fingerprint density at radius 2 is 1.42 bits per heavy atom. The lowest BCUT2D eigenvalue weighted by atomic mass is 10.1. The molecule has 0 aliphatic carbocycles. The van der Waals surface area contributed by atoms with E-state index in [9.17, 15) is 9.59 Å². The van der Waals surface area contributed by atoms with Crippen LogP contribution in [0.3, 0.4) is 0 Å². The molecule has 0 aromatic carbocycles. The van der Waals surface area contributed by atoms with E-state index in [4.69, 9.17) is 14.2 Å². The van der Waals surface area contributed by atoms with E-state index in [1.54, 1.807) is 0 Å². The van der Waals surface area contributed by atoms with E-state index in [2.05, 4.69) is 6.92 Å². The molecule has 0 bridgehead atoms. The summed E-state index contributed by atoms with van der Waals surface area (Å²) in [7, 11) is 0. The van der Waals surface area contributed by atoms with Gasteiger partial charge in [0, 0.05) is 6.61 Å². The molecule has 26 heavy (non-hydrogen) atoms. The molecule has 0 spiro atoms. The van der Waals surface area contributed by atoms with Gasteiger partial charge in [0.2, 0.25) is 0 Å². The zero-order valence-electron chi connectivity index (χ0n) is 16.6. The van der Waals surface area contributed by atoms with Gasteiger partial charge in [0.25, 0.3) is 0 Å². The molecule has 0 aromatic heterocycles. The lowest BCUT2D eigenvalue weighted by Crippen LogP contribution is -2.18. The monoisotopic (exact) mass is 370 g/mol. The highest BCUT2D eigenvalue weighted by Crippen LogP contribution is 2.13. The second-order valence-corrected chi connectivity index (χ2v) is 7.22. The van der Waals surface area contributed by atoms with Crippen LogP contribution < -0.4 is 0 Å². The third-order valence-electron chi connectivity index (χ3n) is 4.75. The van der Waals surface area contributed by atoms with Crippen molar-refractivity contribution in [2.75, 3.05) is 19.8 Å². The Hall–Kier alpha value is -1.10. The molecule has 1 saturated heterocycles. The molecular formula is C21H38O5. The Morgan fingerprint density at radius 3 is 2.00 bits per heavy atom. The minimum absolute atomic E-state index is 0.0299. The van der Waals surface area contributed by atoms with Gasteiger partial charge in [-0.15, -0.1) is 0 Å². The van der Waals surface area contributed by atoms with E-state index in [-0.39, 0.29) is 30.9 Å². The van der Waals surface area contributed by atoms with Crippen LogP contribution in [0, 0.1) is 0 Å². The second-order valence-electron chi connectivity index (χ2n) is 7.22. The quantitative estimate of drug-likeness (QED) is 0.284. The normalized spacial score (nSPS) is 16.6. The van der Waals surface area contributed by atoms with E-state index in [1.807, 2.05) is 0 Å². The summed E-state index contributed by atoms with van der Waals surface area (Å²) >= 11 is 0. The average molecular weight is 371 g/mol. The Kier molecular flexibility index (Phi) is 14.2. The number of unbranched alkanes of at least 4 members (excludes halogenated alkanes) is 9. The van der Waals surface area contributed by atoms with Gasteiger partial charge in [-0.2, -0.15) is 0 Å². The Bertz CT molecular complexity index is 363. The van der Waals surface area contributed by atoms with E-state index >= 15 is 0 Å². The van der Waals surface area contributed by atoms with Crippen LogP contribution in [0.15, 0.2) is 0 Å². The topological polar surface area (TPSA) is 61.8 Å². The minimum Gasteiger partial charge on any atom is -0.466 e. The lowest BCUT2D eigenvalue weighted by molar-refractivity contribution is -0.152. The molecule has 1 aliphatic heterocycles.